The first-order valence-corrected chi connectivity index (χ1v) is 11.1. The maximum atomic E-state index is 12.1. The minimum atomic E-state index is -4.72. The molecule has 3 rings (SSSR count). The second-order valence-electron chi connectivity index (χ2n) is 7.65. The van der Waals surface area contributed by atoms with Gasteiger partial charge in [0.1, 0.15) is 17.3 Å². The molecule has 11 heteroatoms. The Balaban J connectivity index is 0.000000297. The molecule has 0 spiro atoms. The van der Waals surface area contributed by atoms with Crippen LogP contribution in [-0.4, -0.2) is 54.5 Å². The van der Waals surface area contributed by atoms with Gasteiger partial charge in [-0.1, -0.05) is 17.7 Å². The number of anilines is 1. The molecule has 3 aromatic rings. The lowest BCUT2D eigenvalue weighted by atomic mass is 10.2. The Morgan fingerprint density at radius 2 is 1.89 bits per heavy atom. The summed E-state index contributed by atoms with van der Waals surface area (Å²) < 4.78 is 50.2. The first kappa shape index (κ1) is 28.5. The van der Waals surface area contributed by atoms with E-state index in [-0.39, 0.29) is 17.5 Å². The van der Waals surface area contributed by atoms with Crippen LogP contribution >= 0.6 is 0 Å². The van der Waals surface area contributed by atoms with E-state index in [0.29, 0.717) is 17.9 Å². The lowest BCUT2D eigenvalue weighted by Gasteiger charge is -2.08. The van der Waals surface area contributed by atoms with E-state index in [1.165, 1.54) is 29.8 Å². The second kappa shape index (κ2) is 14.0. The number of hydrogen-bond acceptors (Lipinski definition) is 8. The summed E-state index contributed by atoms with van der Waals surface area (Å²) in [6.07, 6.45) is -0.0648. The maximum Gasteiger partial charge on any atom is 0.573 e. The van der Waals surface area contributed by atoms with E-state index in [1.54, 1.807) is 20.2 Å². The Labute approximate surface area is 208 Å². The summed E-state index contributed by atoms with van der Waals surface area (Å²) in [5.74, 6) is 1.10. The van der Waals surface area contributed by atoms with Gasteiger partial charge in [-0.2, -0.15) is 4.98 Å². The topological polar surface area (TPSA) is 94.7 Å². The van der Waals surface area contributed by atoms with Gasteiger partial charge in [0, 0.05) is 32.5 Å². The first-order valence-electron chi connectivity index (χ1n) is 11.1. The number of nitrogens with one attached hydrogen (secondary N) is 1. The maximum absolute atomic E-state index is 12.1. The van der Waals surface area contributed by atoms with Crippen LogP contribution in [0.3, 0.4) is 0 Å². The molecule has 0 fully saturated rings. The number of pyridine rings is 1. The Bertz CT molecular complexity index is 1140. The summed E-state index contributed by atoms with van der Waals surface area (Å²) in [5, 5.41) is 6.99. The van der Waals surface area contributed by atoms with Gasteiger partial charge in [-0.15, -0.1) is 13.2 Å². The van der Waals surface area contributed by atoms with Crippen molar-refractivity contribution in [2.75, 3.05) is 32.6 Å². The molecule has 0 aliphatic rings. The van der Waals surface area contributed by atoms with E-state index in [2.05, 4.69) is 43.2 Å². The molecule has 36 heavy (non-hydrogen) atoms. The molecule has 0 saturated carbocycles. The van der Waals surface area contributed by atoms with Crippen LogP contribution in [0.1, 0.15) is 32.2 Å². The number of methoxy groups -OCH3 is 1. The van der Waals surface area contributed by atoms with Crippen LogP contribution in [-0.2, 0) is 11.2 Å². The molecule has 0 saturated heterocycles. The minimum absolute atomic E-state index is 0.235. The van der Waals surface area contributed by atoms with Crippen molar-refractivity contribution in [2.24, 2.45) is 4.99 Å². The zero-order chi connectivity index (χ0) is 26.6. The van der Waals surface area contributed by atoms with Crippen LogP contribution in [0.25, 0.3) is 11.4 Å². The highest BCUT2D eigenvalue weighted by atomic mass is 19.4. The lowest BCUT2D eigenvalue weighted by Crippen LogP contribution is -2.16. The SMILES string of the molecule is CCc1ccnc(NCCOC)c1.CN=C(C=C(C)C)c1nc(-c2ccc(OC(F)(F)F)cc2)no1. The Morgan fingerprint density at radius 1 is 1.17 bits per heavy atom. The molecule has 0 aliphatic carbocycles. The van der Waals surface area contributed by atoms with Crippen molar-refractivity contribution in [3.63, 3.8) is 0 Å². The number of alkyl halides is 3. The van der Waals surface area contributed by atoms with Crippen molar-refractivity contribution < 1.29 is 27.2 Å². The summed E-state index contributed by atoms with van der Waals surface area (Å²) >= 11 is 0. The standard InChI is InChI=1S/C15H14F3N3O2.C10H16N2O/c1-9(2)8-12(19-3)14-20-13(21-23-14)10-4-6-11(7-5-10)22-15(16,17)18;1-3-9-4-5-11-10(8-9)12-6-7-13-2/h4-8H,1-3H3;4-5,8H,3,6-7H2,1-2H3,(H,11,12). The van der Waals surface area contributed by atoms with Crippen molar-refractivity contribution in [2.45, 2.75) is 33.6 Å². The summed E-state index contributed by atoms with van der Waals surface area (Å²) in [6, 6.07) is 9.30. The number of aromatic nitrogens is 3. The Morgan fingerprint density at radius 3 is 2.47 bits per heavy atom. The molecule has 0 amide bonds. The largest absolute Gasteiger partial charge is 0.573 e. The van der Waals surface area contributed by atoms with Gasteiger partial charge in [-0.3, -0.25) is 4.99 Å². The zero-order valence-corrected chi connectivity index (χ0v) is 20.9. The number of hydrogen-bond donors (Lipinski definition) is 1. The van der Waals surface area contributed by atoms with Crippen molar-refractivity contribution >= 4 is 11.5 Å². The predicted molar refractivity (Wildman–Crippen MR) is 132 cm³/mol. The third-order valence-electron chi connectivity index (χ3n) is 4.50. The number of aliphatic imine (C=N–C) groups is 1. The molecule has 2 aromatic heterocycles. The van der Waals surface area contributed by atoms with Crippen LogP contribution in [0.5, 0.6) is 5.75 Å². The molecule has 1 N–H and O–H groups in total. The number of allylic oxidation sites excluding steroid dienone is 2. The van der Waals surface area contributed by atoms with Crippen molar-refractivity contribution in [1.29, 1.82) is 0 Å². The van der Waals surface area contributed by atoms with E-state index < -0.39 is 6.36 Å². The third-order valence-corrected chi connectivity index (χ3v) is 4.50. The molecule has 194 valence electrons. The fourth-order valence-corrected chi connectivity index (χ4v) is 2.82. The lowest BCUT2D eigenvalue weighted by molar-refractivity contribution is -0.274. The van der Waals surface area contributed by atoms with Gasteiger partial charge in [0.25, 0.3) is 5.89 Å². The first-order chi connectivity index (χ1) is 17.1. The van der Waals surface area contributed by atoms with E-state index in [4.69, 9.17) is 9.26 Å². The molecule has 8 nitrogen and oxygen atoms in total. The van der Waals surface area contributed by atoms with E-state index in [0.717, 1.165) is 24.4 Å². The van der Waals surface area contributed by atoms with Crippen LogP contribution in [0.15, 0.2) is 63.8 Å². The van der Waals surface area contributed by atoms with Crippen molar-refractivity contribution in [3.8, 4) is 17.1 Å². The number of halogens is 3. The number of aryl methyl sites for hydroxylation is 1. The fraction of sp³-hybridized carbons (Fsp3) is 0.360. The number of ether oxygens (including phenoxy) is 2. The van der Waals surface area contributed by atoms with E-state index in [1.807, 2.05) is 26.1 Å². The predicted octanol–water partition coefficient (Wildman–Crippen LogP) is 5.72. The molecule has 0 unspecified atom stereocenters. The smallest absolute Gasteiger partial charge is 0.406 e. The average molecular weight is 506 g/mol. The van der Waals surface area contributed by atoms with Gasteiger partial charge in [-0.25, -0.2) is 4.98 Å². The number of rotatable bonds is 9. The summed E-state index contributed by atoms with van der Waals surface area (Å²) in [7, 11) is 3.29. The monoisotopic (exact) mass is 505 g/mol. The normalized spacial score (nSPS) is 11.4. The summed E-state index contributed by atoms with van der Waals surface area (Å²) in [6.45, 7) is 7.45. The third kappa shape index (κ3) is 9.87. The van der Waals surface area contributed by atoms with Gasteiger partial charge in [0.05, 0.1) is 6.61 Å². The van der Waals surface area contributed by atoms with Crippen LogP contribution in [0.2, 0.25) is 0 Å². The van der Waals surface area contributed by atoms with Crippen LogP contribution in [0.4, 0.5) is 19.0 Å². The minimum Gasteiger partial charge on any atom is -0.406 e. The zero-order valence-electron chi connectivity index (χ0n) is 20.9. The molecular formula is C25H30F3N5O3. The summed E-state index contributed by atoms with van der Waals surface area (Å²) in [4.78, 5) is 12.4. The molecule has 1 aromatic carbocycles. The van der Waals surface area contributed by atoms with Crippen molar-refractivity contribution in [1.82, 2.24) is 15.1 Å². The second-order valence-corrected chi connectivity index (χ2v) is 7.65. The molecule has 2 heterocycles. The quantitative estimate of drug-likeness (QED) is 0.293. The van der Waals surface area contributed by atoms with Gasteiger partial charge >= 0.3 is 6.36 Å². The molecule has 0 atom stereocenters. The highest BCUT2D eigenvalue weighted by Crippen LogP contribution is 2.25. The molecular weight excluding hydrogens is 475 g/mol. The number of nitrogens with zero attached hydrogens (tertiary/aromatic N) is 4. The molecule has 0 aliphatic heterocycles. The van der Waals surface area contributed by atoms with Gasteiger partial charge in [0.2, 0.25) is 5.82 Å². The fourth-order valence-electron chi connectivity index (χ4n) is 2.82. The van der Waals surface area contributed by atoms with Gasteiger partial charge in [0.15, 0.2) is 0 Å². The van der Waals surface area contributed by atoms with E-state index >= 15 is 0 Å². The average Bonchev–Trinajstić information content (AvgIpc) is 3.33. The Kier molecular flexibility index (Phi) is 11.1. The van der Waals surface area contributed by atoms with Gasteiger partial charge in [-0.05, 0) is 68.3 Å². The van der Waals surface area contributed by atoms with Crippen LogP contribution < -0.4 is 10.1 Å². The molecule has 0 bridgehead atoms. The van der Waals surface area contributed by atoms with Crippen LogP contribution in [0, 0.1) is 0 Å². The highest BCUT2D eigenvalue weighted by Gasteiger charge is 2.31. The highest BCUT2D eigenvalue weighted by molar-refractivity contribution is 6.05. The van der Waals surface area contributed by atoms with E-state index in [9.17, 15) is 13.2 Å². The summed E-state index contributed by atoms with van der Waals surface area (Å²) in [5.41, 5.74) is 3.34. The molecule has 0 radical (unpaired) electrons. The van der Waals surface area contributed by atoms with Crippen molar-refractivity contribution in [3.05, 3.63) is 65.7 Å². The number of benzene rings is 1. The van der Waals surface area contributed by atoms with Gasteiger partial charge < -0.3 is 19.3 Å². The Hall–Kier alpha value is -3.73.